The van der Waals surface area contributed by atoms with Crippen molar-refractivity contribution in [1.29, 1.82) is 0 Å². The van der Waals surface area contributed by atoms with E-state index in [1.807, 2.05) is 0 Å². The Balaban J connectivity index is 0.000000241. The molecule has 1 rings (SSSR count). The van der Waals surface area contributed by atoms with Crippen LogP contribution in [0.5, 0.6) is 0 Å². The first-order valence-electron chi connectivity index (χ1n) is 4.42. The van der Waals surface area contributed by atoms with Gasteiger partial charge in [-0.25, -0.2) is 0 Å². The maximum atomic E-state index is 9.79. The summed E-state index contributed by atoms with van der Waals surface area (Å²) in [7, 11) is -3.67. The molecule has 0 aromatic carbocycles. The van der Waals surface area contributed by atoms with Gasteiger partial charge in [-0.15, -0.1) is 0 Å². The predicted molar refractivity (Wildman–Crippen MR) is 50.9 cm³/mol. The summed E-state index contributed by atoms with van der Waals surface area (Å²) in [5.41, 5.74) is 0. The summed E-state index contributed by atoms with van der Waals surface area (Å²) >= 11 is 0. The van der Waals surface area contributed by atoms with Crippen LogP contribution in [0, 0.1) is 0 Å². The molecule has 86 valence electrons. The van der Waals surface area contributed by atoms with Crippen molar-refractivity contribution in [2.24, 2.45) is 0 Å². The van der Waals surface area contributed by atoms with Gasteiger partial charge in [0, 0.05) is 13.1 Å². The van der Waals surface area contributed by atoms with Gasteiger partial charge in [-0.1, -0.05) is 6.92 Å². The molecule has 0 aromatic rings. The molecular formula is C7H17NO5S. The van der Waals surface area contributed by atoms with Crippen molar-refractivity contribution in [1.82, 2.24) is 5.06 Å². The highest BCUT2D eigenvalue weighted by Gasteiger charge is 2.04. The van der Waals surface area contributed by atoms with Gasteiger partial charge in [0.25, 0.3) is 10.1 Å². The molecule has 0 unspecified atom stereocenters. The zero-order valence-corrected chi connectivity index (χ0v) is 9.03. The molecule has 1 aliphatic rings. The SMILES string of the molecule is CCCS(=O)(=O)O.ON1CCOCC1. The van der Waals surface area contributed by atoms with E-state index in [4.69, 9.17) is 14.5 Å². The summed E-state index contributed by atoms with van der Waals surface area (Å²) in [6, 6.07) is 0. The van der Waals surface area contributed by atoms with E-state index in [0.29, 0.717) is 32.7 Å². The van der Waals surface area contributed by atoms with Crippen LogP contribution in [-0.4, -0.2) is 55.3 Å². The molecule has 7 heteroatoms. The number of rotatable bonds is 2. The summed E-state index contributed by atoms with van der Waals surface area (Å²) < 4.78 is 32.5. The van der Waals surface area contributed by atoms with Crippen LogP contribution in [-0.2, 0) is 14.9 Å². The maximum Gasteiger partial charge on any atom is 0.264 e. The molecule has 0 atom stereocenters. The zero-order chi connectivity index (χ0) is 11.0. The molecule has 1 fully saturated rings. The van der Waals surface area contributed by atoms with Crippen molar-refractivity contribution in [2.75, 3.05) is 32.1 Å². The summed E-state index contributed by atoms with van der Waals surface area (Å²) in [6.07, 6.45) is 0.471. The second-order valence-electron chi connectivity index (χ2n) is 2.85. The van der Waals surface area contributed by atoms with E-state index in [1.165, 1.54) is 5.06 Å². The highest BCUT2D eigenvalue weighted by atomic mass is 32.2. The lowest BCUT2D eigenvalue weighted by Crippen LogP contribution is -2.33. The lowest BCUT2D eigenvalue weighted by Gasteiger charge is -2.19. The van der Waals surface area contributed by atoms with Gasteiger partial charge in [-0.05, 0) is 6.42 Å². The fourth-order valence-corrected chi connectivity index (χ4v) is 1.33. The van der Waals surface area contributed by atoms with Crippen molar-refractivity contribution in [3.63, 3.8) is 0 Å². The second kappa shape index (κ2) is 7.13. The van der Waals surface area contributed by atoms with E-state index >= 15 is 0 Å². The Morgan fingerprint density at radius 3 is 2.00 bits per heavy atom. The van der Waals surface area contributed by atoms with Gasteiger partial charge in [0.1, 0.15) is 0 Å². The van der Waals surface area contributed by atoms with Crippen LogP contribution in [0.15, 0.2) is 0 Å². The lowest BCUT2D eigenvalue weighted by molar-refractivity contribution is -0.143. The van der Waals surface area contributed by atoms with E-state index < -0.39 is 10.1 Å². The molecule has 1 aliphatic heterocycles. The van der Waals surface area contributed by atoms with Crippen molar-refractivity contribution in [2.45, 2.75) is 13.3 Å². The van der Waals surface area contributed by atoms with Crippen molar-refractivity contribution in [3.8, 4) is 0 Å². The maximum absolute atomic E-state index is 9.79. The van der Waals surface area contributed by atoms with Gasteiger partial charge in [-0.2, -0.15) is 13.5 Å². The Bertz CT molecular complexity index is 222. The first-order valence-corrected chi connectivity index (χ1v) is 6.03. The van der Waals surface area contributed by atoms with Gasteiger partial charge >= 0.3 is 0 Å². The normalized spacial score (nSPS) is 18.5. The van der Waals surface area contributed by atoms with Gasteiger partial charge in [0.2, 0.25) is 0 Å². The van der Waals surface area contributed by atoms with Gasteiger partial charge in [0.05, 0.1) is 19.0 Å². The molecule has 14 heavy (non-hydrogen) atoms. The molecule has 6 nitrogen and oxygen atoms in total. The number of hydroxylamine groups is 2. The highest BCUT2D eigenvalue weighted by molar-refractivity contribution is 7.85. The smallest absolute Gasteiger partial charge is 0.264 e. The number of hydrogen-bond donors (Lipinski definition) is 2. The zero-order valence-electron chi connectivity index (χ0n) is 8.22. The van der Waals surface area contributed by atoms with Gasteiger partial charge < -0.3 is 9.94 Å². The fourth-order valence-electron chi connectivity index (χ4n) is 0.812. The van der Waals surface area contributed by atoms with Crippen LogP contribution in [0.3, 0.4) is 0 Å². The molecule has 0 aliphatic carbocycles. The minimum absolute atomic E-state index is 0.132. The topological polar surface area (TPSA) is 87.1 Å². The van der Waals surface area contributed by atoms with E-state index in [2.05, 4.69) is 0 Å². The van der Waals surface area contributed by atoms with Crippen LogP contribution >= 0.6 is 0 Å². The van der Waals surface area contributed by atoms with E-state index in [-0.39, 0.29) is 5.75 Å². The second-order valence-corrected chi connectivity index (χ2v) is 4.42. The first kappa shape index (κ1) is 13.8. The third-order valence-corrected chi connectivity index (χ3v) is 2.37. The molecule has 0 radical (unpaired) electrons. The van der Waals surface area contributed by atoms with Crippen LogP contribution in [0.25, 0.3) is 0 Å². The largest absolute Gasteiger partial charge is 0.379 e. The first-order chi connectivity index (χ1) is 6.45. The summed E-state index contributed by atoms with van der Waals surface area (Å²) in [6.45, 7) is 4.32. The molecular weight excluding hydrogens is 210 g/mol. The lowest BCUT2D eigenvalue weighted by atomic mass is 10.5. The minimum Gasteiger partial charge on any atom is -0.379 e. The molecule has 1 heterocycles. The Kier molecular flexibility index (Phi) is 7.02. The summed E-state index contributed by atoms with van der Waals surface area (Å²) in [4.78, 5) is 0. The fraction of sp³-hybridized carbons (Fsp3) is 1.00. The average Bonchev–Trinajstić information content (AvgIpc) is 2.04. The van der Waals surface area contributed by atoms with Crippen molar-refractivity contribution >= 4 is 10.1 Å². The third kappa shape index (κ3) is 9.87. The molecule has 0 saturated carbocycles. The average molecular weight is 227 g/mol. The molecule has 0 bridgehead atoms. The van der Waals surface area contributed by atoms with Crippen LogP contribution < -0.4 is 0 Å². The van der Waals surface area contributed by atoms with Gasteiger partial charge in [-0.3, -0.25) is 4.55 Å². The summed E-state index contributed by atoms with van der Waals surface area (Å²) in [5.74, 6) is -0.132. The van der Waals surface area contributed by atoms with Gasteiger partial charge in [0.15, 0.2) is 0 Å². The van der Waals surface area contributed by atoms with Crippen LogP contribution in [0.1, 0.15) is 13.3 Å². The van der Waals surface area contributed by atoms with E-state index in [0.717, 1.165) is 0 Å². The Hall–Kier alpha value is -0.210. The molecule has 0 spiro atoms. The Labute approximate surface area is 84.2 Å². The standard InChI is InChI=1S/C4H9NO2.C3H8O3S/c6-5-1-3-7-4-2-5;1-2-3-7(4,5)6/h6H,1-4H2;2-3H2,1H3,(H,4,5,6). The summed E-state index contributed by atoms with van der Waals surface area (Å²) in [5, 5.41) is 9.93. The minimum atomic E-state index is -3.67. The Morgan fingerprint density at radius 1 is 1.36 bits per heavy atom. The number of ether oxygens (including phenoxy) is 1. The molecule has 0 aromatic heterocycles. The van der Waals surface area contributed by atoms with Crippen molar-refractivity contribution < 1.29 is 22.9 Å². The number of nitrogens with zero attached hydrogens (tertiary/aromatic N) is 1. The molecule has 0 amide bonds. The monoisotopic (exact) mass is 227 g/mol. The number of hydrogen-bond acceptors (Lipinski definition) is 5. The molecule has 1 saturated heterocycles. The van der Waals surface area contributed by atoms with E-state index in [9.17, 15) is 8.42 Å². The van der Waals surface area contributed by atoms with Crippen LogP contribution in [0.2, 0.25) is 0 Å². The Morgan fingerprint density at radius 2 is 1.86 bits per heavy atom. The van der Waals surface area contributed by atoms with Crippen LogP contribution in [0.4, 0.5) is 0 Å². The number of morpholine rings is 1. The quantitative estimate of drug-likeness (QED) is 0.645. The predicted octanol–water partition coefficient (Wildman–Crippen LogP) is -0.00800. The highest BCUT2D eigenvalue weighted by Crippen LogP contribution is 1.89. The van der Waals surface area contributed by atoms with Crippen molar-refractivity contribution in [3.05, 3.63) is 0 Å². The van der Waals surface area contributed by atoms with E-state index in [1.54, 1.807) is 6.92 Å². The third-order valence-electron chi connectivity index (χ3n) is 1.45. The molecule has 2 N–H and O–H groups in total.